The van der Waals surface area contributed by atoms with Gasteiger partial charge in [0.05, 0.1) is 12.8 Å². The van der Waals surface area contributed by atoms with Gasteiger partial charge < -0.3 is 16.2 Å². The average Bonchev–Trinajstić information content (AvgIpc) is 2.54. The number of carbonyl (C=O) groups excluding carboxylic acids is 1. The third-order valence-corrected chi connectivity index (χ3v) is 4.43. The second kappa shape index (κ2) is 5.91. The Labute approximate surface area is 135 Å². The summed E-state index contributed by atoms with van der Waals surface area (Å²) in [6, 6.07) is 5.21. The van der Waals surface area contributed by atoms with Crippen LogP contribution in [0.5, 0.6) is 5.75 Å². The lowest BCUT2D eigenvalue weighted by atomic mass is 9.87. The molecule has 0 amide bonds. The molecule has 0 atom stereocenters. The van der Waals surface area contributed by atoms with Crippen LogP contribution in [-0.2, 0) is 0 Å². The normalized spacial score (nSPS) is 20.0. The van der Waals surface area contributed by atoms with Gasteiger partial charge in [-0.25, -0.2) is 4.99 Å². The number of guanidine groups is 2. The molecule has 4 N–H and O–H groups in total. The molecule has 1 heterocycles. The highest BCUT2D eigenvalue weighted by atomic mass is 16.5. The van der Waals surface area contributed by atoms with Crippen LogP contribution in [0.25, 0.3) is 0 Å². The minimum absolute atomic E-state index is 0.200. The van der Waals surface area contributed by atoms with Crippen molar-refractivity contribution in [3.05, 3.63) is 23.8 Å². The average molecular weight is 315 g/mol. The van der Waals surface area contributed by atoms with Crippen LogP contribution in [0.3, 0.4) is 0 Å². The number of nitrogens with zero attached hydrogens (tertiary/aromatic N) is 3. The Bertz CT molecular complexity index is 677. The lowest BCUT2D eigenvalue weighted by molar-refractivity contribution is 0.112. The first kappa shape index (κ1) is 15.3. The molecule has 3 rings (SSSR count). The number of nitrogens with two attached hydrogens (primary N) is 2. The molecule has 7 heteroatoms. The summed E-state index contributed by atoms with van der Waals surface area (Å²) in [5, 5.41) is 0. The zero-order valence-corrected chi connectivity index (χ0v) is 13.2. The van der Waals surface area contributed by atoms with Gasteiger partial charge in [-0.2, -0.15) is 4.99 Å². The van der Waals surface area contributed by atoms with Crippen LogP contribution >= 0.6 is 0 Å². The fourth-order valence-corrected chi connectivity index (χ4v) is 3.42. The molecular formula is C16H21N5O2. The summed E-state index contributed by atoms with van der Waals surface area (Å²) in [7, 11) is 1.59. The largest absolute Gasteiger partial charge is 0.495 e. The van der Waals surface area contributed by atoms with Gasteiger partial charge in [-0.1, -0.05) is 6.42 Å². The van der Waals surface area contributed by atoms with Crippen LogP contribution in [-0.4, -0.2) is 31.0 Å². The number of methoxy groups -OCH3 is 1. The number of aldehydes is 1. The summed E-state index contributed by atoms with van der Waals surface area (Å²) in [6.45, 7) is 0. The molecular weight excluding hydrogens is 294 g/mol. The first-order valence-electron chi connectivity index (χ1n) is 7.72. The van der Waals surface area contributed by atoms with E-state index in [-0.39, 0.29) is 11.9 Å². The smallest absolute Gasteiger partial charge is 0.220 e. The lowest BCUT2D eigenvalue weighted by Gasteiger charge is -2.45. The molecule has 0 bridgehead atoms. The summed E-state index contributed by atoms with van der Waals surface area (Å²) in [6.07, 6.45) is 5.70. The Hall–Kier alpha value is -2.57. The van der Waals surface area contributed by atoms with Crippen molar-refractivity contribution in [1.29, 1.82) is 0 Å². The van der Waals surface area contributed by atoms with E-state index >= 15 is 0 Å². The molecule has 2 aliphatic rings. The second-order valence-electron chi connectivity index (χ2n) is 5.87. The second-order valence-corrected chi connectivity index (χ2v) is 5.87. The van der Waals surface area contributed by atoms with Crippen LogP contribution < -0.4 is 21.1 Å². The highest BCUT2D eigenvalue weighted by molar-refractivity contribution is 6.06. The Morgan fingerprint density at radius 3 is 2.65 bits per heavy atom. The molecule has 0 unspecified atom stereocenters. The molecule has 1 fully saturated rings. The van der Waals surface area contributed by atoms with E-state index in [1.807, 2.05) is 4.90 Å². The van der Waals surface area contributed by atoms with E-state index in [1.54, 1.807) is 25.3 Å². The molecule has 1 aromatic rings. The summed E-state index contributed by atoms with van der Waals surface area (Å²) in [4.78, 5) is 21.8. The maximum atomic E-state index is 11.2. The van der Waals surface area contributed by atoms with Crippen LogP contribution in [0, 0.1) is 0 Å². The van der Waals surface area contributed by atoms with Crippen molar-refractivity contribution < 1.29 is 9.53 Å². The third-order valence-electron chi connectivity index (χ3n) is 4.43. The minimum atomic E-state index is -0.553. The highest BCUT2D eigenvalue weighted by Crippen LogP contribution is 2.42. The molecule has 1 aliphatic heterocycles. The fraction of sp³-hybridized carbons (Fsp3) is 0.438. The van der Waals surface area contributed by atoms with Gasteiger partial charge in [-0.15, -0.1) is 0 Å². The predicted molar refractivity (Wildman–Crippen MR) is 89.9 cm³/mol. The molecule has 122 valence electrons. The van der Waals surface area contributed by atoms with Crippen LogP contribution in [0.15, 0.2) is 28.2 Å². The summed E-state index contributed by atoms with van der Waals surface area (Å²) in [5.41, 5.74) is 12.7. The minimum Gasteiger partial charge on any atom is -0.495 e. The van der Waals surface area contributed by atoms with Crippen molar-refractivity contribution in [3.63, 3.8) is 0 Å². The molecule has 23 heavy (non-hydrogen) atoms. The first-order valence-corrected chi connectivity index (χ1v) is 7.72. The fourth-order valence-electron chi connectivity index (χ4n) is 3.42. The number of ether oxygens (including phenoxy) is 1. The van der Waals surface area contributed by atoms with E-state index in [4.69, 9.17) is 16.2 Å². The topological polar surface area (TPSA) is 106 Å². The first-order chi connectivity index (χ1) is 11.1. The van der Waals surface area contributed by atoms with E-state index in [2.05, 4.69) is 9.98 Å². The molecule has 7 nitrogen and oxygen atoms in total. The zero-order valence-electron chi connectivity index (χ0n) is 13.2. The van der Waals surface area contributed by atoms with Gasteiger partial charge >= 0.3 is 0 Å². The Kier molecular flexibility index (Phi) is 3.94. The molecule has 0 aromatic heterocycles. The van der Waals surface area contributed by atoms with Crippen molar-refractivity contribution in [3.8, 4) is 5.75 Å². The zero-order chi connectivity index (χ0) is 16.4. The van der Waals surface area contributed by atoms with Gasteiger partial charge in [0.25, 0.3) is 0 Å². The predicted octanol–water partition coefficient (Wildman–Crippen LogP) is 1.62. The van der Waals surface area contributed by atoms with Gasteiger partial charge in [0.1, 0.15) is 17.7 Å². The molecule has 1 saturated carbocycles. The number of anilines is 1. The lowest BCUT2D eigenvalue weighted by Crippen LogP contribution is -2.58. The number of aliphatic imine (C=N–C) groups is 2. The number of hydrogen-bond acceptors (Lipinski definition) is 7. The molecule has 0 saturated heterocycles. The summed E-state index contributed by atoms with van der Waals surface area (Å²) in [5.74, 6) is 1.10. The van der Waals surface area contributed by atoms with Gasteiger partial charge in [0.15, 0.2) is 0 Å². The van der Waals surface area contributed by atoms with Gasteiger partial charge in [-0.3, -0.25) is 9.69 Å². The van der Waals surface area contributed by atoms with Gasteiger partial charge in [0, 0.05) is 5.56 Å². The Morgan fingerprint density at radius 1 is 1.26 bits per heavy atom. The van der Waals surface area contributed by atoms with E-state index in [0.717, 1.165) is 38.4 Å². The van der Waals surface area contributed by atoms with Crippen LogP contribution in [0.2, 0.25) is 0 Å². The SMILES string of the molecule is COc1ccc(C=O)cc1N1C(N)=NC(N)=NC12CCCCC2. The molecule has 1 spiro atoms. The van der Waals surface area contributed by atoms with Crippen LogP contribution in [0.4, 0.5) is 5.69 Å². The summed E-state index contributed by atoms with van der Waals surface area (Å²) < 4.78 is 5.46. The molecule has 1 aliphatic carbocycles. The van der Waals surface area contributed by atoms with Crippen molar-refractivity contribution in [2.75, 3.05) is 12.0 Å². The van der Waals surface area contributed by atoms with Crippen molar-refractivity contribution in [1.82, 2.24) is 0 Å². The molecule has 1 aromatic carbocycles. The van der Waals surface area contributed by atoms with E-state index in [0.29, 0.717) is 17.0 Å². The Morgan fingerprint density at radius 2 is 2.00 bits per heavy atom. The Balaban J connectivity index is 2.15. The number of rotatable bonds is 3. The maximum absolute atomic E-state index is 11.2. The van der Waals surface area contributed by atoms with Gasteiger partial charge in [0.2, 0.25) is 11.9 Å². The van der Waals surface area contributed by atoms with Gasteiger partial charge in [-0.05, 0) is 43.9 Å². The molecule has 0 radical (unpaired) electrons. The monoisotopic (exact) mass is 315 g/mol. The standard InChI is InChI=1S/C16H21N5O2/c1-23-13-6-5-11(10-22)9-12(13)21-15(18)19-14(17)20-16(21)7-3-2-4-8-16/h5-6,9-10H,2-4,7-8H2,1H3,(H4,17,18,19,20). The number of carbonyl (C=O) groups is 1. The summed E-state index contributed by atoms with van der Waals surface area (Å²) >= 11 is 0. The maximum Gasteiger partial charge on any atom is 0.220 e. The van der Waals surface area contributed by atoms with E-state index in [1.165, 1.54) is 0 Å². The van der Waals surface area contributed by atoms with Crippen molar-refractivity contribution in [2.45, 2.75) is 37.8 Å². The van der Waals surface area contributed by atoms with Crippen LogP contribution in [0.1, 0.15) is 42.5 Å². The van der Waals surface area contributed by atoms with Crippen molar-refractivity contribution >= 4 is 23.9 Å². The van der Waals surface area contributed by atoms with E-state index in [9.17, 15) is 4.79 Å². The number of benzene rings is 1. The van der Waals surface area contributed by atoms with Crippen molar-refractivity contribution in [2.24, 2.45) is 21.5 Å². The number of hydrogen-bond donors (Lipinski definition) is 2. The third kappa shape index (κ3) is 2.62. The highest BCUT2D eigenvalue weighted by Gasteiger charge is 2.43. The van der Waals surface area contributed by atoms with E-state index < -0.39 is 5.66 Å². The quantitative estimate of drug-likeness (QED) is 0.824.